The molecule has 0 spiro atoms. The molecule has 1 unspecified atom stereocenters. The van der Waals surface area contributed by atoms with E-state index in [9.17, 15) is 4.79 Å². The van der Waals surface area contributed by atoms with Crippen molar-refractivity contribution >= 4 is 5.82 Å². The minimum absolute atomic E-state index is 0.0388. The highest BCUT2D eigenvalue weighted by Gasteiger charge is 2.22. The SMILES string of the molecule is O=c1cc2c(nn1CCN1CCCCC1CNc1cnccn1)CCC2. The number of rotatable bonds is 6. The summed E-state index contributed by atoms with van der Waals surface area (Å²) in [4.78, 5) is 23.2. The third-order valence-corrected chi connectivity index (χ3v) is 5.45. The van der Waals surface area contributed by atoms with E-state index in [0.29, 0.717) is 12.6 Å². The Bertz CT molecular complexity index is 790. The van der Waals surface area contributed by atoms with Gasteiger partial charge in [0.1, 0.15) is 5.82 Å². The molecule has 2 aromatic heterocycles. The zero-order chi connectivity index (χ0) is 17.8. The number of nitrogens with zero attached hydrogens (tertiary/aromatic N) is 5. The van der Waals surface area contributed by atoms with Gasteiger partial charge in [0.2, 0.25) is 0 Å². The van der Waals surface area contributed by atoms with Gasteiger partial charge in [-0.25, -0.2) is 9.67 Å². The molecule has 1 atom stereocenters. The van der Waals surface area contributed by atoms with Crippen LogP contribution in [0.15, 0.2) is 29.5 Å². The fourth-order valence-electron chi connectivity index (χ4n) is 4.02. The molecule has 1 saturated heterocycles. The molecule has 2 aromatic rings. The van der Waals surface area contributed by atoms with E-state index < -0.39 is 0 Å². The summed E-state index contributed by atoms with van der Waals surface area (Å²) in [5, 5.41) is 7.99. The average molecular weight is 354 g/mol. The predicted octanol–water partition coefficient (Wildman–Crippen LogP) is 1.49. The van der Waals surface area contributed by atoms with Crippen molar-refractivity contribution in [2.75, 3.05) is 25.0 Å². The van der Waals surface area contributed by atoms with Crippen LogP contribution < -0.4 is 10.9 Å². The number of fused-ring (bicyclic) bond motifs is 1. The summed E-state index contributed by atoms with van der Waals surface area (Å²) >= 11 is 0. The first-order chi connectivity index (χ1) is 12.8. The fraction of sp³-hybridized carbons (Fsp3) is 0.579. The highest BCUT2D eigenvalue weighted by molar-refractivity contribution is 5.30. The van der Waals surface area contributed by atoms with Gasteiger partial charge >= 0.3 is 0 Å². The van der Waals surface area contributed by atoms with Crippen LogP contribution in [0.4, 0.5) is 5.82 Å². The molecule has 0 radical (unpaired) electrons. The maximum atomic E-state index is 12.3. The van der Waals surface area contributed by atoms with Crippen molar-refractivity contribution in [3.05, 3.63) is 46.3 Å². The topological polar surface area (TPSA) is 75.9 Å². The minimum atomic E-state index is 0.0388. The lowest BCUT2D eigenvalue weighted by Crippen LogP contribution is -2.45. The van der Waals surface area contributed by atoms with Crippen LogP contribution in [0.3, 0.4) is 0 Å². The molecule has 0 amide bonds. The smallest absolute Gasteiger partial charge is 0.267 e. The number of anilines is 1. The van der Waals surface area contributed by atoms with E-state index in [-0.39, 0.29) is 5.56 Å². The zero-order valence-corrected chi connectivity index (χ0v) is 15.1. The first-order valence-corrected chi connectivity index (χ1v) is 9.63. The van der Waals surface area contributed by atoms with Crippen molar-refractivity contribution in [3.63, 3.8) is 0 Å². The van der Waals surface area contributed by atoms with E-state index in [1.165, 1.54) is 19.3 Å². The highest BCUT2D eigenvalue weighted by atomic mass is 16.1. The van der Waals surface area contributed by atoms with Gasteiger partial charge in [0, 0.05) is 37.6 Å². The van der Waals surface area contributed by atoms with Crippen molar-refractivity contribution in [1.82, 2.24) is 24.6 Å². The third-order valence-electron chi connectivity index (χ3n) is 5.45. The van der Waals surface area contributed by atoms with E-state index in [4.69, 9.17) is 0 Å². The number of nitrogens with one attached hydrogen (secondary N) is 1. The molecule has 0 saturated carbocycles. The van der Waals surface area contributed by atoms with Crippen LogP contribution in [0.2, 0.25) is 0 Å². The molecule has 7 heteroatoms. The second kappa shape index (κ2) is 7.95. The standard InChI is InChI=1S/C19H26N6O/c26-19-12-15-4-3-6-17(15)23-25(19)11-10-24-9-2-1-5-16(24)13-22-18-14-20-7-8-21-18/h7-8,12,14,16H,1-6,9-11,13H2,(H,21,22). The molecular formula is C19H26N6O. The molecule has 1 fully saturated rings. The summed E-state index contributed by atoms with van der Waals surface area (Å²) in [6.45, 7) is 3.45. The number of aromatic nitrogens is 4. The molecule has 1 aliphatic carbocycles. The maximum absolute atomic E-state index is 12.3. The molecule has 0 aromatic carbocycles. The Morgan fingerprint density at radius 3 is 3.00 bits per heavy atom. The van der Waals surface area contributed by atoms with Crippen molar-refractivity contribution in [1.29, 1.82) is 0 Å². The van der Waals surface area contributed by atoms with Gasteiger partial charge in [-0.2, -0.15) is 5.10 Å². The Labute approximate surface area is 153 Å². The van der Waals surface area contributed by atoms with Gasteiger partial charge in [-0.1, -0.05) is 6.42 Å². The second-order valence-electron chi connectivity index (χ2n) is 7.19. The Hall–Kier alpha value is -2.28. The average Bonchev–Trinajstić information content (AvgIpc) is 3.13. The largest absolute Gasteiger partial charge is 0.367 e. The summed E-state index contributed by atoms with van der Waals surface area (Å²) < 4.78 is 1.66. The van der Waals surface area contributed by atoms with E-state index in [1.807, 2.05) is 0 Å². The van der Waals surface area contributed by atoms with Gasteiger partial charge in [0.25, 0.3) is 5.56 Å². The quantitative estimate of drug-likeness (QED) is 0.847. The number of hydrogen-bond donors (Lipinski definition) is 1. The maximum Gasteiger partial charge on any atom is 0.267 e. The summed E-state index contributed by atoms with van der Waals surface area (Å²) in [6, 6.07) is 2.24. The summed E-state index contributed by atoms with van der Waals surface area (Å²) in [6.07, 6.45) is 11.9. The lowest BCUT2D eigenvalue weighted by molar-refractivity contribution is 0.148. The first kappa shape index (κ1) is 17.1. The lowest BCUT2D eigenvalue weighted by Gasteiger charge is -2.35. The van der Waals surface area contributed by atoms with E-state index in [1.54, 1.807) is 29.3 Å². The van der Waals surface area contributed by atoms with Crippen LogP contribution in [-0.2, 0) is 19.4 Å². The Morgan fingerprint density at radius 1 is 1.15 bits per heavy atom. The Kier molecular flexibility index (Phi) is 5.24. The Morgan fingerprint density at radius 2 is 2.12 bits per heavy atom. The summed E-state index contributed by atoms with van der Waals surface area (Å²) in [7, 11) is 0. The second-order valence-corrected chi connectivity index (χ2v) is 7.19. The third kappa shape index (κ3) is 3.93. The molecule has 1 N–H and O–H groups in total. The van der Waals surface area contributed by atoms with Gasteiger partial charge in [0.15, 0.2) is 0 Å². The molecule has 26 heavy (non-hydrogen) atoms. The van der Waals surface area contributed by atoms with E-state index in [2.05, 4.69) is 25.3 Å². The zero-order valence-electron chi connectivity index (χ0n) is 15.1. The first-order valence-electron chi connectivity index (χ1n) is 9.63. The molecule has 138 valence electrons. The number of hydrogen-bond acceptors (Lipinski definition) is 6. The monoisotopic (exact) mass is 354 g/mol. The van der Waals surface area contributed by atoms with Crippen LogP contribution in [0.5, 0.6) is 0 Å². The van der Waals surface area contributed by atoms with Crippen LogP contribution in [0.25, 0.3) is 0 Å². The van der Waals surface area contributed by atoms with E-state index >= 15 is 0 Å². The molecule has 0 bridgehead atoms. The number of piperidine rings is 1. The van der Waals surface area contributed by atoms with Crippen molar-refractivity contribution in [2.24, 2.45) is 0 Å². The van der Waals surface area contributed by atoms with Gasteiger partial charge in [-0.3, -0.25) is 14.7 Å². The van der Waals surface area contributed by atoms with Crippen molar-refractivity contribution in [2.45, 2.75) is 51.1 Å². The fourth-order valence-corrected chi connectivity index (χ4v) is 4.02. The highest BCUT2D eigenvalue weighted by Crippen LogP contribution is 2.19. The van der Waals surface area contributed by atoms with Gasteiger partial charge in [-0.15, -0.1) is 0 Å². The summed E-state index contributed by atoms with van der Waals surface area (Å²) in [5.41, 5.74) is 2.30. The van der Waals surface area contributed by atoms with Gasteiger partial charge in [0.05, 0.1) is 18.4 Å². The van der Waals surface area contributed by atoms with Crippen molar-refractivity contribution < 1.29 is 0 Å². The molecule has 3 heterocycles. The normalized spacial score (nSPS) is 20.1. The molecule has 7 nitrogen and oxygen atoms in total. The van der Waals surface area contributed by atoms with Crippen LogP contribution >= 0.6 is 0 Å². The van der Waals surface area contributed by atoms with Crippen molar-refractivity contribution in [3.8, 4) is 0 Å². The molecule has 2 aliphatic rings. The number of likely N-dealkylation sites (tertiary alicyclic amines) is 1. The lowest BCUT2D eigenvalue weighted by atomic mass is 10.0. The van der Waals surface area contributed by atoms with E-state index in [0.717, 1.165) is 56.0 Å². The summed E-state index contributed by atoms with van der Waals surface area (Å²) in [5.74, 6) is 0.814. The number of aryl methyl sites for hydroxylation is 2. The predicted molar refractivity (Wildman–Crippen MR) is 100 cm³/mol. The van der Waals surface area contributed by atoms with Gasteiger partial charge in [-0.05, 0) is 44.2 Å². The molecular weight excluding hydrogens is 328 g/mol. The Balaban J connectivity index is 1.37. The van der Waals surface area contributed by atoms with Crippen LogP contribution in [0.1, 0.15) is 36.9 Å². The molecule has 4 rings (SSSR count). The van der Waals surface area contributed by atoms with Gasteiger partial charge < -0.3 is 5.32 Å². The molecule has 1 aliphatic heterocycles. The van der Waals surface area contributed by atoms with Crippen LogP contribution in [-0.4, -0.2) is 50.3 Å². The minimum Gasteiger partial charge on any atom is -0.367 e. The van der Waals surface area contributed by atoms with Crippen LogP contribution in [0, 0.1) is 0 Å².